The highest BCUT2D eigenvalue weighted by Crippen LogP contribution is 2.49. The van der Waals surface area contributed by atoms with E-state index in [2.05, 4.69) is 4.98 Å². The van der Waals surface area contributed by atoms with Gasteiger partial charge in [0.25, 0.3) is 0 Å². The first kappa shape index (κ1) is 25.2. The predicted octanol–water partition coefficient (Wildman–Crippen LogP) is 5.74. The lowest BCUT2D eigenvalue weighted by molar-refractivity contribution is -0.135. The number of Topliss-reactive ketones (excluding diaryl/α,β-unsaturated/α-hetero) is 1. The summed E-state index contributed by atoms with van der Waals surface area (Å²) in [6.45, 7) is 0.309. The Morgan fingerprint density at radius 2 is 1.82 bits per heavy atom. The molecule has 0 radical (unpaired) electrons. The lowest BCUT2D eigenvalue weighted by Crippen LogP contribution is -2.21. The number of carbonyl (C=O) groups is 2. The molecule has 0 N–H and O–H groups in total. The van der Waals surface area contributed by atoms with E-state index in [0.29, 0.717) is 52.0 Å². The first-order valence-electron chi connectivity index (χ1n) is 12.7. The molecule has 0 bridgehead atoms. The molecule has 0 saturated carbocycles. The number of rotatable bonds is 7. The van der Waals surface area contributed by atoms with E-state index in [-0.39, 0.29) is 23.9 Å². The van der Waals surface area contributed by atoms with Crippen molar-refractivity contribution >= 4 is 17.8 Å². The third-order valence-corrected chi connectivity index (χ3v) is 6.88. The van der Waals surface area contributed by atoms with Crippen molar-refractivity contribution in [2.45, 2.75) is 18.9 Å². The molecule has 6 rings (SSSR count). The van der Waals surface area contributed by atoms with Crippen LogP contribution < -0.4 is 23.7 Å². The van der Waals surface area contributed by atoms with Crippen molar-refractivity contribution in [2.24, 2.45) is 0 Å². The Morgan fingerprint density at radius 3 is 2.62 bits per heavy atom. The van der Waals surface area contributed by atoms with Crippen molar-refractivity contribution < 1.29 is 33.3 Å². The fraction of sp³-hybridized carbons (Fsp3) is 0.156. The maximum Gasteiger partial charge on any atom is 0.312 e. The van der Waals surface area contributed by atoms with Crippen LogP contribution in [0.1, 0.15) is 45.1 Å². The molecule has 4 aromatic rings. The number of esters is 1. The zero-order chi connectivity index (χ0) is 27.6. The summed E-state index contributed by atoms with van der Waals surface area (Å²) in [5.41, 5.74) is 3.36. The molecule has 8 heteroatoms. The molecule has 200 valence electrons. The smallest absolute Gasteiger partial charge is 0.312 e. The number of ether oxygens (including phenoxy) is 5. The number of hydrogen-bond donors (Lipinski definition) is 0. The van der Waals surface area contributed by atoms with Crippen LogP contribution in [0.3, 0.4) is 0 Å². The van der Waals surface area contributed by atoms with E-state index in [1.165, 1.54) is 0 Å². The number of ketones is 1. The van der Waals surface area contributed by atoms with Crippen LogP contribution in [0.5, 0.6) is 28.7 Å². The average molecular weight is 536 g/mol. The molecule has 0 amide bonds. The van der Waals surface area contributed by atoms with Crippen LogP contribution in [0.25, 0.3) is 6.08 Å². The highest BCUT2D eigenvalue weighted by molar-refractivity contribution is 6.15. The largest absolute Gasteiger partial charge is 0.497 e. The molecular weight excluding hydrogens is 510 g/mol. The number of methoxy groups -OCH3 is 2. The van der Waals surface area contributed by atoms with E-state index in [1.54, 1.807) is 56.8 Å². The Hall–Kier alpha value is -5.11. The van der Waals surface area contributed by atoms with Gasteiger partial charge in [0.15, 0.2) is 5.76 Å². The average Bonchev–Trinajstić information content (AvgIpc) is 3.31. The number of aromatic nitrogens is 1. The summed E-state index contributed by atoms with van der Waals surface area (Å²) < 4.78 is 28.5. The van der Waals surface area contributed by atoms with E-state index in [4.69, 9.17) is 23.7 Å². The lowest BCUT2D eigenvalue weighted by Gasteiger charge is -2.26. The minimum absolute atomic E-state index is 0.0933. The number of carbonyl (C=O) groups excluding carboxylic acids is 2. The molecule has 3 aromatic carbocycles. The van der Waals surface area contributed by atoms with Gasteiger partial charge in [-0.3, -0.25) is 14.6 Å². The van der Waals surface area contributed by atoms with Gasteiger partial charge in [-0.25, -0.2) is 0 Å². The van der Waals surface area contributed by atoms with Gasteiger partial charge < -0.3 is 23.7 Å². The minimum atomic E-state index is -0.396. The van der Waals surface area contributed by atoms with Crippen LogP contribution in [0.15, 0.2) is 84.8 Å². The molecule has 2 aliphatic rings. The maximum absolute atomic E-state index is 13.4. The van der Waals surface area contributed by atoms with Gasteiger partial charge in [0.1, 0.15) is 35.4 Å². The number of hydrogen-bond acceptors (Lipinski definition) is 8. The molecule has 8 nitrogen and oxygen atoms in total. The van der Waals surface area contributed by atoms with Gasteiger partial charge in [-0.2, -0.15) is 0 Å². The number of allylic oxidation sites excluding steroid dienone is 1. The highest BCUT2D eigenvalue weighted by atomic mass is 16.5. The Bertz CT molecular complexity index is 1640. The van der Waals surface area contributed by atoms with Crippen molar-refractivity contribution in [3.8, 4) is 28.7 Å². The summed E-state index contributed by atoms with van der Waals surface area (Å²) >= 11 is 0. The van der Waals surface area contributed by atoms with Crippen molar-refractivity contribution in [3.63, 3.8) is 0 Å². The SMILES string of the molecule is COc1ccc(C=C2Oc3c(ccc4c3C(c3cccc(OCc5ccccn5)c3)CC(=O)O4)C2=O)c(OC)c1. The zero-order valence-electron chi connectivity index (χ0n) is 21.9. The van der Waals surface area contributed by atoms with Crippen molar-refractivity contribution in [3.05, 3.63) is 113 Å². The minimum Gasteiger partial charge on any atom is -0.497 e. The third-order valence-electron chi connectivity index (χ3n) is 6.88. The zero-order valence-corrected chi connectivity index (χ0v) is 21.9. The number of benzene rings is 3. The molecule has 0 spiro atoms. The summed E-state index contributed by atoms with van der Waals surface area (Å²) in [5.74, 6) is 1.69. The summed E-state index contributed by atoms with van der Waals surface area (Å²) in [7, 11) is 3.12. The van der Waals surface area contributed by atoms with E-state index in [1.807, 2.05) is 42.5 Å². The molecule has 0 fully saturated rings. The van der Waals surface area contributed by atoms with E-state index in [0.717, 1.165) is 11.3 Å². The van der Waals surface area contributed by atoms with E-state index >= 15 is 0 Å². The van der Waals surface area contributed by atoms with Gasteiger partial charge in [-0.15, -0.1) is 0 Å². The standard InChI is InChI=1S/C32H25NO7/c1-36-22-10-9-20(27(16-22)37-2)15-28-31(35)24-11-12-26-30(32(24)40-28)25(17-29(34)39-26)19-6-5-8-23(14-19)38-18-21-7-3-4-13-33-21/h3-16,25H,17-18H2,1-2H3. The van der Waals surface area contributed by atoms with Crippen molar-refractivity contribution in [1.29, 1.82) is 0 Å². The normalized spacial score (nSPS) is 16.6. The molecule has 0 saturated heterocycles. The lowest BCUT2D eigenvalue weighted by atomic mass is 9.84. The summed E-state index contributed by atoms with van der Waals surface area (Å²) in [5, 5.41) is 0. The van der Waals surface area contributed by atoms with Crippen LogP contribution in [0, 0.1) is 0 Å². The molecule has 1 atom stereocenters. The van der Waals surface area contributed by atoms with E-state index < -0.39 is 5.92 Å². The number of fused-ring (bicyclic) bond motifs is 3. The molecule has 3 heterocycles. The predicted molar refractivity (Wildman–Crippen MR) is 146 cm³/mol. The summed E-state index contributed by atoms with van der Waals surface area (Å²) in [6, 6.07) is 21.8. The number of pyridine rings is 1. The molecular formula is C32H25NO7. The van der Waals surface area contributed by atoms with Gasteiger partial charge >= 0.3 is 5.97 Å². The topological polar surface area (TPSA) is 93.2 Å². The fourth-order valence-corrected chi connectivity index (χ4v) is 4.93. The van der Waals surface area contributed by atoms with Crippen molar-refractivity contribution in [1.82, 2.24) is 4.98 Å². The van der Waals surface area contributed by atoms with Crippen molar-refractivity contribution in [2.75, 3.05) is 14.2 Å². The Labute approximate surface area is 230 Å². The van der Waals surface area contributed by atoms with Gasteiger partial charge in [0.05, 0.1) is 31.9 Å². The molecule has 2 aliphatic heterocycles. The van der Waals surface area contributed by atoms with E-state index in [9.17, 15) is 9.59 Å². The second-order valence-electron chi connectivity index (χ2n) is 9.31. The Kier molecular flexibility index (Phi) is 6.66. The van der Waals surface area contributed by atoms with Gasteiger partial charge in [0, 0.05) is 29.3 Å². The summed E-state index contributed by atoms with van der Waals surface area (Å²) in [4.78, 5) is 30.3. The summed E-state index contributed by atoms with van der Waals surface area (Å²) in [6.07, 6.45) is 3.45. The third kappa shape index (κ3) is 4.75. The number of nitrogens with zero attached hydrogens (tertiary/aromatic N) is 1. The second-order valence-corrected chi connectivity index (χ2v) is 9.31. The molecule has 1 unspecified atom stereocenters. The monoisotopic (exact) mass is 535 g/mol. The first-order valence-corrected chi connectivity index (χ1v) is 12.7. The van der Waals surface area contributed by atoms with Gasteiger partial charge in [0.2, 0.25) is 5.78 Å². The van der Waals surface area contributed by atoms with Crippen LogP contribution in [-0.4, -0.2) is 31.0 Å². The maximum atomic E-state index is 13.4. The quantitative estimate of drug-likeness (QED) is 0.168. The molecule has 0 aliphatic carbocycles. The van der Waals surface area contributed by atoms with Gasteiger partial charge in [-0.1, -0.05) is 18.2 Å². The van der Waals surface area contributed by atoms with Gasteiger partial charge in [-0.05, 0) is 60.2 Å². The Morgan fingerprint density at radius 1 is 0.925 bits per heavy atom. The van der Waals surface area contributed by atoms with Crippen LogP contribution in [0.4, 0.5) is 0 Å². The van der Waals surface area contributed by atoms with Crippen LogP contribution in [0.2, 0.25) is 0 Å². The second kappa shape index (κ2) is 10.6. The molecule has 1 aromatic heterocycles. The molecule has 40 heavy (non-hydrogen) atoms. The fourth-order valence-electron chi connectivity index (χ4n) is 4.93. The van der Waals surface area contributed by atoms with Crippen LogP contribution in [-0.2, 0) is 11.4 Å². The first-order chi connectivity index (χ1) is 19.5. The Balaban J connectivity index is 1.35. The van der Waals surface area contributed by atoms with Crippen LogP contribution >= 0.6 is 0 Å². The highest BCUT2D eigenvalue weighted by Gasteiger charge is 2.38.